The summed E-state index contributed by atoms with van der Waals surface area (Å²) in [6, 6.07) is 2.55. The Kier molecular flexibility index (Phi) is 8.83. The number of rotatable bonds is 6. The van der Waals surface area contributed by atoms with Crippen molar-refractivity contribution in [1.29, 1.82) is 5.41 Å². The monoisotopic (exact) mass is 392 g/mol. The van der Waals surface area contributed by atoms with E-state index in [4.69, 9.17) is 14.9 Å². The van der Waals surface area contributed by atoms with Crippen LogP contribution >= 0.6 is 0 Å². The van der Waals surface area contributed by atoms with Crippen LogP contribution in [0.15, 0.2) is 37.2 Å². The Morgan fingerprint density at radius 2 is 1.86 bits per heavy atom. The molecule has 0 amide bonds. The van der Waals surface area contributed by atoms with Crippen LogP contribution in [0.25, 0.3) is 11.1 Å². The SMILES string of the molecule is C=CC(=N)c1cc(-c2cc(C(F)F)ncc2OC)c(C(=O)OC)cn1.CNC. The number of nitrogens with one attached hydrogen (secondary N) is 2. The number of halogens is 2. The normalized spacial score (nSPS) is 9.96. The minimum Gasteiger partial charge on any atom is -0.494 e. The van der Waals surface area contributed by atoms with Gasteiger partial charge in [-0.3, -0.25) is 15.4 Å². The number of carbonyl (C=O) groups is 1. The first kappa shape index (κ1) is 22.8. The van der Waals surface area contributed by atoms with Crippen LogP contribution in [0.3, 0.4) is 0 Å². The van der Waals surface area contributed by atoms with Crippen LogP contribution in [0.2, 0.25) is 0 Å². The van der Waals surface area contributed by atoms with Crippen molar-refractivity contribution in [1.82, 2.24) is 15.3 Å². The van der Waals surface area contributed by atoms with Crippen molar-refractivity contribution in [2.45, 2.75) is 6.43 Å². The van der Waals surface area contributed by atoms with Crippen LogP contribution in [0.5, 0.6) is 5.75 Å². The number of methoxy groups -OCH3 is 2. The average Bonchev–Trinajstić information content (AvgIpc) is 2.72. The van der Waals surface area contributed by atoms with Crippen LogP contribution in [0.1, 0.15) is 28.2 Å². The fraction of sp³-hybridized carbons (Fsp3) is 0.263. The highest BCUT2D eigenvalue weighted by molar-refractivity contribution is 6.07. The molecular weight excluding hydrogens is 370 g/mol. The van der Waals surface area contributed by atoms with E-state index < -0.39 is 18.1 Å². The number of ether oxygens (including phenoxy) is 2. The predicted octanol–water partition coefficient (Wildman–Crippen LogP) is 3.27. The van der Waals surface area contributed by atoms with E-state index in [1.165, 1.54) is 32.6 Å². The first-order valence-corrected chi connectivity index (χ1v) is 8.05. The van der Waals surface area contributed by atoms with Gasteiger partial charge in [-0.1, -0.05) is 6.58 Å². The van der Waals surface area contributed by atoms with E-state index in [2.05, 4.69) is 21.9 Å². The van der Waals surface area contributed by atoms with Gasteiger partial charge in [0.1, 0.15) is 11.4 Å². The van der Waals surface area contributed by atoms with Crippen LogP contribution in [0, 0.1) is 5.41 Å². The molecule has 0 saturated heterocycles. The summed E-state index contributed by atoms with van der Waals surface area (Å²) in [6.07, 6.45) is 0.852. The molecule has 150 valence electrons. The standard InChI is InChI=1S/C17H15F2N3O3.C2H7N/c1-4-12(20)13-5-9(11(7-21-13)17(23)25-3)10-6-14(16(18)19)22-8-15(10)24-2;1-3-2/h4-8,16,20H,1H2,2-3H3;3H,1-2H3. The lowest BCUT2D eigenvalue weighted by Crippen LogP contribution is -2.08. The van der Waals surface area contributed by atoms with Gasteiger partial charge in [0.25, 0.3) is 6.43 Å². The number of allylic oxidation sites excluding steroid dienone is 1. The maximum absolute atomic E-state index is 13.0. The summed E-state index contributed by atoms with van der Waals surface area (Å²) in [5, 5.41) is 10.6. The van der Waals surface area contributed by atoms with Crippen molar-refractivity contribution in [2.24, 2.45) is 0 Å². The summed E-state index contributed by atoms with van der Waals surface area (Å²) < 4.78 is 36.0. The van der Waals surface area contributed by atoms with Gasteiger partial charge in [0, 0.05) is 17.3 Å². The lowest BCUT2D eigenvalue weighted by atomic mass is 9.99. The second-order valence-corrected chi connectivity index (χ2v) is 5.33. The summed E-state index contributed by atoms with van der Waals surface area (Å²) >= 11 is 0. The van der Waals surface area contributed by atoms with Crippen molar-refractivity contribution >= 4 is 11.7 Å². The van der Waals surface area contributed by atoms with Gasteiger partial charge in [0.05, 0.1) is 37.4 Å². The Hall–Kier alpha value is -3.20. The van der Waals surface area contributed by atoms with Crippen LogP contribution < -0.4 is 10.1 Å². The summed E-state index contributed by atoms with van der Waals surface area (Å²) in [7, 11) is 6.30. The summed E-state index contributed by atoms with van der Waals surface area (Å²) in [5.74, 6) is -0.506. The third-order valence-electron chi connectivity index (χ3n) is 3.41. The quantitative estimate of drug-likeness (QED) is 0.579. The van der Waals surface area contributed by atoms with Gasteiger partial charge in [0.2, 0.25) is 0 Å². The number of esters is 1. The van der Waals surface area contributed by atoms with E-state index in [-0.39, 0.29) is 33.8 Å². The zero-order valence-electron chi connectivity index (χ0n) is 16.0. The number of aromatic nitrogens is 2. The number of carbonyl (C=O) groups excluding carboxylic acids is 1. The first-order chi connectivity index (χ1) is 13.3. The molecule has 0 bridgehead atoms. The highest BCUT2D eigenvalue weighted by Crippen LogP contribution is 2.35. The molecule has 2 aromatic heterocycles. The molecule has 0 unspecified atom stereocenters. The molecule has 0 fully saturated rings. The summed E-state index contributed by atoms with van der Waals surface area (Å²) in [5.41, 5.74) is 0.268. The molecule has 2 heterocycles. The van der Waals surface area contributed by atoms with Gasteiger partial charge < -0.3 is 14.8 Å². The van der Waals surface area contributed by atoms with Crippen molar-refractivity contribution in [2.75, 3.05) is 28.3 Å². The molecular formula is C19H22F2N4O3. The van der Waals surface area contributed by atoms with E-state index in [9.17, 15) is 13.6 Å². The molecule has 28 heavy (non-hydrogen) atoms. The molecule has 2 rings (SSSR count). The number of alkyl halides is 2. The topological polar surface area (TPSA) is 97.2 Å². The van der Waals surface area contributed by atoms with Gasteiger partial charge >= 0.3 is 5.97 Å². The van der Waals surface area contributed by atoms with Crippen molar-refractivity contribution < 1.29 is 23.0 Å². The Balaban J connectivity index is 0.00000122. The summed E-state index contributed by atoms with van der Waals surface area (Å²) in [6.45, 7) is 3.49. The molecule has 0 aromatic carbocycles. The zero-order chi connectivity index (χ0) is 21.3. The molecule has 2 N–H and O–H groups in total. The van der Waals surface area contributed by atoms with Crippen LogP contribution in [-0.4, -0.2) is 50.0 Å². The molecule has 0 spiro atoms. The molecule has 2 aromatic rings. The second-order valence-electron chi connectivity index (χ2n) is 5.33. The van der Waals surface area contributed by atoms with Crippen LogP contribution in [0.4, 0.5) is 8.78 Å². The maximum atomic E-state index is 13.0. The maximum Gasteiger partial charge on any atom is 0.340 e. The fourth-order valence-corrected chi connectivity index (χ4v) is 2.15. The highest BCUT2D eigenvalue weighted by atomic mass is 19.3. The molecule has 7 nitrogen and oxygen atoms in total. The van der Waals surface area contributed by atoms with Crippen LogP contribution in [-0.2, 0) is 4.74 Å². The van der Waals surface area contributed by atoms with Gasteiger partial charge in [-0.2, -0.15) is 0 Å². The molecule has 0 aliphatic heterocycles. The van der Waals surface area contributed by atoms with Gasteiger partial charge in [-0.05, 0) is 32.3 Å². The third kappa shape index (κ3) is 5.40. The average molecular weight is 392 g/mol. The van der Waals surface area contributed by atoms with E-state index in [0.717, 1.165) is 12.3 Å². The lowest BCUT2D eigenvalue weighted by Gasteiger charge is -2.14. The number of hydrogen-bond donors (Lipinski definition) is 2. The summed E-state index contributed by atoms with van der Waals surface area (Å²) in [4.78, 5) is 19.7. The van der Waals surface area contributed by atoms with E-state index in [0.29, 0.717) is 0 Å². The number of hydrogen-bond acceptors (Lipinski definition) is 7. The second kappa shape index (κ2) is 10.8. The Morgan fingerprint density at radius 1 is 1.21 bits per heavy atom. The fourth-order valence-electron chi connectivity index (χ4n) is 2.15. The Labute approximate surface area is 161 Å². The zero-order valence-corrected chi connectivity index (χ0v) is 16.0. The Bertz CT molecular complexity index is 857. The van der Waals surface area contributed by atoms with E-state index in [1.807, 2.05) is 14.1 Å². The van der Waals surface area contributed by atoms with Crippen molar-refractivity contribution in [3.05, 3.63) is 54.1 Å². The van der Waals surface area contributed by atoms with Gasteiger partial charge in [0.15, 0.2) is 0 Å². The highest BCUT2D eigenvalue weighted by Gasteiger charge is 2.21. The minimum absolute atomic E-state index is 0.0137. The molecule has 9 heteroatoms. The molecule has 0 aliphatic carbocycles. The van der Waals surface area contributed by atoms with Gasteiger partial charge in [-0.15, -0.1) is 0 Å². The lowest BCUT2D eigenvalue weighted by molar-refractivity contribution is 0.0601. The molecule has 0 saturated carbocycles. The smallest absolute Gasteiger partial charge is 0.340 e. The number of pyridine rings is 2. The van der Waals surface area contributed by atoms with Crippen molar-refractivity contribution in [3.8, 4) is 16.9 Å². The predicted molar refractivity (Wildman–Crippen MR) is 102 cm³/mol. The minimum atomic E-state index is -2.79. The largest absolute Gasteiger partial charge is 0.494 e. The Morgan fingerprint density at radius 3 is 2.36 bits per heavy atom. The van der Waals surface area contributed by atoms with E-state index >= 15 is 0 Å². The molecule has 0 aliphatic rings. The first-order valence-electron chi connectivity index (χ1n) is 8.05. The molecule has 0 radical (unpaired) electrons. The van der Waals surface area contributed by atoms with Crippen molar-refractivity contribution in [3.63, 3.8) is 0 Å². The van der Waals surface area contributed by atoms with E-state index in [1.54, 1.807) is 0 Å². The van der Waals surface area contributed by atoms with Gasteiger partial charge in [-0.25, -0.2) is 13.6 Å². The molecule has 0 atom stereocenters. The third-order valence-corrected chi connectivity index (χ3v) is 3.41. The number of nitrogens with zero attached hydrogens (tertiary/aromatic N) is 2.